The van der Waals surface area contributed by atoms with Crippen LogP contribution in [-0.2, 0) is 0 Å². The molecule has 0 saturated carbocycles. The van der Waals surface area contributed by atoms with Gasteiger partial charge in [-0.25, -0.2) is 4.98 Å². The Labute approximate surface area is 130 Å². The van der Waals surface area contributed by atoms with E-state index in [0.29, 0.717) is 5.02 Å². The van der Waals surface area contributed by atoms with Crippen molar-refractivity contribution in [3.8, 4) is 22.4 Å². The second-order valence-electron chi connectivity index (χ2n) is 4.68. The summed E-state index contributed by atoms with van der Waals surface area (Å²) in [6.07, 6.45) is 1.80. The summed E-state index contributed by atoms with van der Waals surface area (Å²) in [4.78, 5) is 4.37. The predicted molar refractivity (Wildman–Crippen MR) is 87.6 cm³/mol. The number of hydrogen-bond donors (Lipinski definition) is 1. The average Bonchev–Trinajstić information content (AvgIpc) is 3.16. The molecule has 0 aliphatic heterocycles. The second kappa shape index (κ2) is 4.98. The fourth-order valence-electron chi connectivity index (χ4n) is 2.45. The van der Waals surface area contributed by atoms with Crippen molar-refractivity contribution in [1.82, 2.24) is 15.2 Å². The fourth-order valence-corrected chi connectivity index (χ4v) is 3.30. The molecule has 4 aromatic rings. The fraction of sp³-hybridized carbons (Fsp3) is 0. The van der Waals surface area contributed by atoms with E-state index < -0.39 is 0 Å². The number of fused-ring (bicyclic) bond motifs is 1. The monoisotopic (exact) mass is 311 g/mol. The Hall–Kier alpha value is -2.17. The van der Waals surface area contributed by atoms with E-state index in [1.165, 1.54) is 5.56 Å². The van der Waals surface area contributed by atoms with Crippen LogP contribution in [0.5, 0.6) is 0 Å². The molecular formula is C16H10ClN3S. The third-order valence-electron chi connectivity index (χ3n) is 3.39. The lowest BCUT2D eigenvalue weighted by Crippen LogP contribution is -1.83. The first-order valence-corrected chi connectivity index (χ1v) is 7.76. The van der Waals surface area contributed by atoms with Crippen LogP contribution >= 0.6 is 22.9 Å². The number of nitrogens with one attached hydrogen (secondary N) is 1. The molecule has 0 spiro atoms. The molecule has 5 heteroatoms. The summed E-state index contributed by atoms with van der Waals surface area (Å²) in [6, 6.07) is 11.8. The van der Waals surface area contributed by atoms with Crippen molar-refractivity contribution in [1.29, 1.82) is 0 Å². The van der Waals surface area contributed by atoms with Gasteiger partial charge in [0.1, 0.15) is 5.69 Å². The summed E-state index contributed by atoms with van der Waals surface area (Å²) in [5, 5.41) is 13.4. The number of pyridine rings is 1. The van der Waals surface area contributed by atoms with Crippen molar-refractivity contribution >= 4 is 34.0 Å². The van der Waals surface area contributed by atoms with Crippen molar-refractivity contribution in [2.75, 3.05) is 0 Å². The summed E-state index contributed by atoms with van der Waals surface area (Å²) >= 11 is 7.78. The number of aromatic nitrogens is 3. The molecule has 0 bridgehead atoms. The Bertz CT molecular complexity index is 912. The molecule has 0 amide bonds. The van der Waals surface area contributed by atoms with Gasteiger partial charge < -0.3 is 0 Å². The maximum absolute atomic E-state index is 6.10. The predicted octanol–water partition coefficient (Wildman–Crippen LogP) is 5.01. The molecule has 3 aromatic heterocycles. The molecule has 1 N–H and O–H groups in total. The smallest absolute Gasteiger partial charge is 0.156 e. The van der Waals surface area contributed by atoms with E-state index in [1.54, 1.807) is 17.5 Å². The number of benzene rings is 1. The van der Waals surface area contributed by atoms with Gasteiger partial charge in [-0.15, -0.1) is 0 Å². The minimum Gasteiger partial charge on any atom is -0.260 e. The summed E-state index contributed by atoms with van der Waals surface area (Å²) in [6.45, 7) is 0. The Morgan fingerprint density at radius 1 is 1.10 bits per heavy atom. The van der Waals surface area contributed by atoms with E-state index in [-0.39, 0.29) is 0 Å². The maximum Gasteiger partial charge on any atom is 0.156 e. The van der Waals surface area contributed by atoms with E-state index in [2.05, 4.69) is 32.0 Å². The van der Waals surface area contributed by atoms with E-state index in [9.17, 15) is 0 Å². The van der Waals surface area contributed by atoms with Crippen LogP contribution in [-0.4, -0.2) is 15.2 Å². The molecule has 0 aliphatic rings. The molecular weight excluding hydrogens is 302 g/mol. The largest absolute Gasteiger partial charge is 0.260 e. The van der Waals surface area contributed by atoms with Crippen LogP contribution in [0, 0.1) is 0 Å². The zero-order valence-electron chi connectivity index (χ0n) is 10.9. The van der Waals surface area contributed by atoms with Crippen LogP contribution in [0.3, 0.4) is 0 Å². The topological polar surface area (TPSA) is 41.6 Å². The quantitative estimate of drug-likeness (QED) is 0.565. The van der Waals surface area contributed by atoms with Crippen molar-refractivity contribution in [2.45, 2.75) is 0 Å². The Morgan fingerprint density at radius 2 is 2.05 bits per heavy atom. The van der Waals surface area contributed by atoms with Crippen LogP contribution in [0.1, 0.15) is 0 Å². The van der Waals surface area contributed by atoms with Gasteiger partial charge >= 0.3 is 0 Å². The van der Waals surface area contributed by atoms with E-state index in [0.717, 1.165) is 27.9 Å². The number of hydrogen-bond acceptors (Lipinski definition) is 3. The number of aromatic amines is 1. The summed E-state index contributed by atoms with van der Waals surface area (Å²) in [5.41, 5.74) is 4.95. The summed E-state index contributed by atoms with van der Waals surface area (Å²) in [7, 11) is 0. The first kappa shape index (κ1) is 12.6. The van der Waals surface area contributed by atoms with Gasteiger partial charge in [0, 0.05) is 16.8 Å². The first-order valence-electron chi connectivity index (χ1n) is 6.44. The molecule has 3 heterocycles. The molecule has 0 atom stereocenters. The number of nitrogens with zero attached hydrogens (tertiary/aromatic N) is 2. The van der Waals surface area contributed by atoms with Gasteiger partial charge in [-0.1, -0.05) is 23.7 Å². The third-order valence-corrected chi connectivity index (χ3v) is 4.31. The van der Waals surface area contributed by atoms with Gasteiger partial charge in [-0.3, -0.25) is 5.10 Å². The van der Waals surface area contributed by atoms with Crippen LogP contribution < -0.4 is 0 Å². The summed E-state index contributed by atoms with van der Waals surface area (Å²) in [5.74, 6) is 0. The number of thiophene rings is 1. The molecule has 0 aliphatic carbocycles. The van der Waals surface area contributed by atoms with Crippen molar-refractivity contribution in [3.63, 3.8) is 0 Å². The highest BCUT2D eigenvalue weighted by Crippen LogP contribution is 2.35. The van der Waals surface area contributed by atoms with Crippen LogP contribution in [0.15, 0.2) is 53.4 Å². The molecule has 1 aromatic carbocycles. The molecule has 0 saturated heterocycles. The van der Waals surface area contributed by atoms with E-state index in [4.69, 9.17) is 11.6 Å². The number of rotatable bonds is 2. The lowest BCUT2D eigenvalue weighted by Gasteiger charge is -2.03. The van der Waals surface area contributed by atoms with Crippen LogP contribution in [0.2, 0.25) is 5.02 Å². The number of H-pyrrole nitrogens is 1. The lowest BCUT2D eigenvalue weighted by molar-refractivity contribution is 1.10. The van der Waals surface area contributed by atoms with Gasteiger partial charge in [0.2, 0.25) is 0 Å². The molecule has 21 heavy (non-hydrogen) atoms. The molecule has 102 valence electrons. The first-order chi connectivity index (χ1) is 10.3. The van der Waals surface area contributed by atoms with Crippen molar-refractivity contribution in [2.24, 2.45) is 0 Å². The third kappa shape index (κ3) is 2.13. The van der Waals surface area contributed by atoms with Gasteiger partial charge in [-0.05, 0) is 46.2 Å². The minimum absolute atomic E-state index is 0.699. The Kier molecular flexibility index (Phi) is 2.98. The highest BCUT2D eigenvalue weighted by molar-refractivity contribution is 7.08. The Balaban J connectivity index is 2.03. The summed E-state index contributed by atoms with van der Waals surface area (Å²) < 4.78 is 0. The molecule has 0 unspecified atom stereocenters. The molecule has 4 rings (SSSR count). The average molecular weight is 312 g/mol. The van der Waals surface area contributed by atoms with Crippen molar-refractivity contribution in [3.05, 3.63) is 58.4 Å². The second-order valence-corrected chi connectivity index (χ2v) is 5.89. The zero-order valence-corrected chi connectivity index (χ0v) is 12.4. The van der Waals surface area contributed by atoms with Gasteiger partial charge in [0.15, 0.2) is 5.65 Å². The molecule has 0 radical (unpaired) electrons. The van der Waals surface area contributed by atoms with Gasteiger partial charge in [0.25, 0.3) is 0 Å². The van der Waals surface area contributed by atoms with Crippen molar-refractivity contribution < 1.29 is 0 Å². The SMILES string of the molecule is Clc1cccc(-c2n[nH]c3nccc(-c4ccsc4)c23)c1. The lowest BCUT2D eigenvalue weighted by atomic mass is 10.0. The van der Waals surface area contributed by atoms with E-state index in [1.807, 2.05) is 30.3 Å². The zero-order chi connectivity index (χ0) is 14.2. The van der Waals surface area contributed by atoms with Gasteiger partial charge in [0.05, 0.1) is 5.39 Å². The van der Waals surface area contributed by atoms with Crippen LogP contribution in [0.25, 0.3) is 33.4 Å². The van der Waals surface area contributed by atoms with E-state index >= 15 is 0 Å². The molecule has 0 fully saturated rings. The normalized spacial score (nSPS) is 11.1. The molecule has 3 nitrogen and oxygen atoms in total. The minimum atomic E-state index is 0.699. The van der Waals surface area contributed by atoms with Crippen LogP contribution in [0.4, 0.5) is 0 Å². The number of halogens is 1. The standard InChI is InChI=1S/C16H10ClN3S/c17-12-3-1-2-10(8-12)15-14-13(11-5-7-21-9-11)4-6-18-16(14)20-19-15/h1-9H,(H,18,19,20). The highest BCUT2D eigenvalue weighted by atomic mass is 35.5. The Morgan fingerprint density at radius 3 is 2.86 bits per heavy atom. The highest BCUT2D eigenvalue weighted by Gasteiger charge is 2.14. The van der Waals surface area contributed by atoms with Gasteiger partial charge in [-0.2, -0.15) is 16.4 Å². The maximum atomic E-state index is 6.10.